The first-order chi connectivity index (χ1) is 9.70. The topological polar surface area (TPSA) is 35.8 Å². The Kier molecular flexibility index (Phi) is 4.79. The van der Waals surface area contributed by atoms with Gasteiger partial charge in [-0.15, -0.1) is 0 Å². The van der Waals surface area contributed by atoms with Crippen molar-refractivity contribution in [3.05, 3.63) is 65.2 Å². The molecule has 2 aromatic carbocycles. The van der Waals surface area contributed by atoms with Gasteiger partial charge in [0.05, 0.1) is 11.6 Å². The van der Waals surface area contributed by atoms with Crippen LogP contribution in [-0.4, -0.2) is 6.54 Å². The van der Waals surface area contributed by atoms with E-state index >= 15 is 0 Å². The summed E-state index contributed by atoms with van der Waals surface area (Å²) < 4.78 is 0. The average Bonchev–Trinajstić information content (AvgIpc) is 2.48. The van der Waals surface area contributed by atoms with E-state index in [-0.39, 0.29) is 0 Å². The van der Waals surface area contributed by atoms with Gasteiger partial charge in [0.25, 0.3) is 0 Å². The van der Waals surface area contributed by atoms with E-state index in [4.69, 9.17) is 5.26 Å². The highest BCUT2D eigenvalue weighted by Crippen LogP contribution is 2.19. The van der Waals surface area contributed by atoms with E-state index in [0.29, 0.717) is 5.92 Å². The predicted molar refractivity (Wildman–Crippen MR) is 83.9 cm³/mol. The molecule has 0 saturated carbocycles. The van der Waals surface area contributed by atoms with Crippen LogP contribution in [0.5, 0.6) is 0 Å². The van der Waals surface area contributed by atoms with Crippen molar-refractivity contribution in [1.29, 1.82) is 5.26 Å². The van der Waals surface area contributed by atoms with E-state index in [9.17, 15) is 0 Å². The lowest BCUT2D eigenvalue weighted by atomic mass is 9.98. The highest BCUT2D eigenvalue weighted by molar-refractivity contribution is 5.51. The van der Waals surface area contributed by atoms with Crippen molar-refractivity contribution < 1.29 is 0 Å². The highest BCUT2D eigenvalue weighted by atomic mass is 14.9. The molecule has 2 rings (SSSR count). The summed E-state index contributed by atoms with van der Waals surface area (Å²) in [6.07, 6.45) is 1.09. The Labute approximate surface area is 121 Å². The van der Waals surface area contributed by atoms with Crippen LogP contribution in [0.25, 0.3) is 0 Å². The molecular weight excluding hydrogens is 244 g/mol. The number of hydrogen-bond donors (Lipinski definition) is 1. The minimum absolute atomic E-state index is 0.545. The summed E-state index contributed by atoms with van der Waals surface area (Å²) in [4.78, 5) is 0. The van der Waals surface area contributed by atoms with Crippen molar-refractivity contribution in [2.45, 2.75) is 26.2 Å². The molecule has 0 fully saturated rings. The van der Waals surface area contributed by atoms with Crippen LogP contribution < -0.4 is 5.32 Å². The number of nitriles is 1. The first kappa shape index (κ1) is 14.1. The number of rotatable bonds is 5. The fraction of sp³-hybridized carbons (Fsp3) is 0.278. The number of aryl methyl sites for hydroxylation is 1. The zero-order chi connectivity index (χ0) is 14.4. The van der Waals surface area contributed by atoms with Crippen LogP contribution in [-0.2, 0) is 0 Å². The predicted octanol–water partition coefficient (Wildman–Crippen LogP) is 4.47. The molecule has 0 aliphatic carbocycles. The van der Waals surface area contributed by atoms with Crippen molar-refractivity contribution >= 4 is 5.69 Å². The lowest BCUT2D eigenvalue weighted by Gasteiger charge is -2.13. The number of benzene rings is 2. The van der Waals surface area contributed by atoms with Crippen LogP contribution in [0.15, 0.2) is 48.5 Å². The van der Waals surface area contributed by atoms with Gasteiger partial charge in [-0.2, -0.15) is 5.26 Å². The van der Waals surface area contributed by atoms with Gasteiger partial charge in [0, 0.05) is 12.2 Å². The second-order valence-corrected chi connectivity index (χ2v) is 5.17. The molecule has 0 aliphatic rings. The fourth-order valence-corrected chi connectivity index (χ4v) is 2.28. The second kappa shape index (κ2) is 6.77. The SMILES string of the molecule is Cc1cc(NCCC(C)c2ccccc2)ccc1C#N. The highest BCUT2D eigenvalue weighted by Gasteiger charge is 2.04. The summed E-state index contributed by atoms with van der Waals surface area (Å²) in [5, 5.41) is 12.3. The Hall–Kier alpha value is -2.27. The van der Waals surface area contributed by atoms with Gasteiger partial charge in [-0.1, -0.05) is 37.3 Å². The minimum atomic E-state index is 0.545. The molecule has 20 heavy (non-hydrogen) atoms. The summed E-state index contributed by atoms with van der Waals surface area (Å²) >= 11 is 0. The van der Waals surface area contributed by atoms with Crippen molar-refractivity contribution in [3.63, 3.8) is 0 Å². The van der Waals surface area contributed by atoms with E-state index in [1.807, 2.05) is 31.2 Å². The minimum Gasteiger partial charge on any atom is -0.385 e. The summed E-state index contributed by atoms with van der Waals surface area (Å²) in [6.45, 7) is 5.15. The van der Waals surface area contributed by atoms with Gasteiger partial charge in [-0.05, 0) is 48.6 Å². The van der Waals surface area contributed by atoms with Gasteiger partial charge in [0.2, 0.25) is 0 Å². The zero-order valence-electron chi connectivity index (χ0n) is 12.1. The molecule has 2 aromatic rings. The summed E-state index contributed by atoms with van der Waals surface area (Å²) in [7, 11) is 0. The summed E-state index contributed by atoms with van der Waals surface area (Å²) in [5.41, 5.74) is 4.23. The van der Waals surface area contributed by atoms with Gasteiger partial charge in [-0.25, -0.2) is 0 Å². The van der Waals surface area contributed by atoms with Crippen molar-refractivity contribution in [2.75, 3.05) is 11.9 Å². The van der Waals surface area contributed by atoms with E-state index in [0.717, 1.165) is 29.8 Å². The van der Waals surface area contributed by atoms with Crippen molar-refractivity contribution in [3.8, 4) is 6.07 Å². The summed E-state index contributed by atoms with van der Waals surface area (Å²) in [6, 6.07) is 18.6. The average molecular weight is 264 g/mol. The van der Waals surface area contributed by atoms with Crippen molar-refractivity contribution in [2.24, 2.45) is 0 Å². The van der Waals surface area contributed by atoms with Gasteiger partial charge >= 0.3 is 0 Å². The molecule has 0 aliphatic heterocycles. The van der Waals surface area contributed by atoms with E-state index in [1.54, 1.807) is 0 Å². The standard InChI is InChI=1S/C18H20N2/c1-14(16-6-4-3-5-7-16)10-11-20-18-9-8-17(13-19)15(2)12-18/h3-9,12,14,20H,10-11H2,1-2H3. The molecule has 0 spiro atoms. The maximum atomic E-state index is 8.91. The maximum absolute atomic E-state index is 8.91. The first-order valence-corrected chi connectivity index (χ1v) is 7.00. The molecule has 1 unspecified atom stereocenters. The lowest BCUT2D eigenvalue weighted by Crippen LogP contribution is -2.06. The largest absolute Gasteiger partial charge is 0.385 e. The Bertz CT molecular complexity index is 597. The van der Waals surface area contributed by atoms with Crippen LogP contribution in [0.2, 0.25) is 0 Å². The number of hydrogen-bond acceptors (Lipinski definition) is 2. The van der Waals surface area contributed by atoms with Crippen LogP contribution in [0.4, 0.5) is 5.69 Å². The molecule has 1 N–H and O–H groups in total. The Balaban J connectivity index is 1.87. The second-order valence-electron chi connectivity index (χ2n) is 5.17. The van der Waals surface area contributed by atoms with E-state index in [2.05, 4.69) is 42.6 Å². The lowest BCUT2D eigenvalue weighted by molar-refractivity contribution is 0.706. The Morgan fingerprint density at radius 1 is 1.15 bits per heavy atom. The van der Waals surface area contributed by atoms with Gasteiger partial charge < -0.3 is 5.32 Å². The molecule has 0 heterocycles. The third-order valence-electron chi connectivity index (χ3n) is 3.62. The van der Waals surface area contributed by atoms with Crippen LogP contribution >= 0.6 is 0 Å². The third-order valence-corrected chi connectivity index (χ3v) is 3.62. The van der Waals surface area contributed by atoms with Crippen LogP contribution in [0.3, 0.4) is 0 Å². The number of nitrogens with zero attached hydrogens (tertiary/aromatic N) is 1. The molecule has 0 saturated heterocycles. The first-order valence-electron chi connectivity index (χ1n) is 7.00. The van der Waals surface area contributed by atoms with Gasteiger partial charge in [-0.3, -0.25) is 0 Å². The summed E-state index contributed by atoms with van der Waals surface area (Å²) in [5.74, 6) is 0.545. The van der Waals surface area contributed by atoms with Gasteiger partial charge in [0.15, 0.2) is 0 Å². The van der Waals surface area contributed by atoms with E-state index in [1.165, 1.54) is 5.56 Å². The molecule has 0 amide bonds. The molecule has 1 atom stereocenters. The molecular formula is C18H20N2. The number of anilines is 1. The smallest absolute Gasteiger partial charge is 0.0994 e. The molecule has 0 bridgehead atoms. The maximum Gasteiger partial charge on any atom is 0.0994 e. The quantitative estimate of drug-likeness (QED) is 0.864. The molecule has 2 heteroatoms. The van der Waals surface area contributed by atoms with Crippen LogP contribution in [0, 0.1) is 18.3 Å². The normalized spacial score (nSPS) is 11.7. The Morgan fingerprint density at radius 3 is 2.55 bits per heavy atom. The molecule has 102 valence electrons. The van der Waals surface area contributed by atoms with Crippen LogP contribution in [0.1, 0.15) is 36.0 Å². The monoisotopic (exact) mass is 264 g/mol. The Morgan fingerprint density at radius 2 is 1.90 bits per heavy atom. The van der Waals surface area contributed by atoms with Gasteiger partial charge in [0.1, 0.15) is 0 Å². The van der Waals surface area contributed by atoms with Crippen molar-refractivity contribution in [1.82, 2.24) is 0 Å². The molecule has 0 aromatic heterocycles. The number of nitrogens with one attached hydrogen (secondary N) is 1. The van der Waals surface area contributed by atoms with E-state index < -0.39 is 0 Å². The third kappa shape index (κ3) is 3.61. The fourth-order valence-electron chi connectivity index (χ4n) is 2.28. The molecule has 2 nitrogen and oxygen atoms in total. The molecule has 0 radical (unpaired) electrons. The zero-order valence-corrected chi connectivity index (χ0v) is 12.1.